The third-order valence-electron chi connectivity index (χ3n) is 2.86. The summed E-state index contributed by atoms with van der Waals surface area (Å²) in [5.74, 6) is 0.758. The number of aryl methyl sites for hydroxylation is 1. The van der Waals surface area contributed by atoms with Crippen LogP contribution < -0.4 is 10.0 Å². The van der Waals surface area contributed by atoms with E-state index in [9.17, 15) is 8.42 Å². The first-order valence-electron chi connectivity index (χ1n) is 6.66. The van der Waals surface area contributed by atoms with Gasteiger partial charge >= 0.3 is 0 Å². The van der Waals surface area contributed by atoms with Crippen molar-refractivity contribution < 1.29 is 8.42 Å². The van der Waals surface area contributed by atoms with Crippen LogP contribution in [0.5, 0.6) is 0 Å². The Morgan fingerprint density at radius 1 is 1.35 bits per heavy atom. The summed E-state index contributed by atoms with van der Waals surface area (Å²) in [5, 5.41) is 3.29. The largest absolute Gasteiger partial charge is 0.352 e. The van der Waals surface area contributed by atoms with Gasteiger partial charge in [0.2, 0.25) is 10.0 Å². The van der Waals surface area contributed by atoms with Gasteiger partial charge in [0.25, 0.3) is 0 Å². The van der Waals surface area contributed by atoms with Gasteiger partial charge in [0.1, 0.15) is 0 Å². The van der Waals surface area contributed by atoms with Gasteiger partial charge in [-0.3, -0.25) is 0 Å². The molecule has 1 atom stereocenters. The molecule has 1 heterocycles. The normalized spacial score (nSPS) is 13.9. The second kappa shape index (κ2) is 7.49. The van der Waals surface area contributed by atoms with Crippen molar-refractivity contribution in [3.05, 3.63) is 18.0 Å². The number of nitrogens with one attached hydrogen (secondary N) is 2. The maximum absolute atomic E-state index is 12.3. The predicted octanol–water partition coefficient (Wildman–Crippen LogP) is 1.55. The molecule has 0 aliphatic heterocycles. The van der Waals surface area contributed by atoms with E-state index in [-0.39, 0.29) is 6.04 Å². The highest BCUT2D eigenvalue weighted by atomic mass is 32.2. The van der Waals surface area contributed by atoms with Crippen LogP contribution in [0.2, 0.25) is 0 Å². The summed E-state index contributed by atoms with van der Waals surface area (Å²) < 4.78 is 29.1. The zero-order chi connectivity index (χ0) is 15.3. The summed E-state index contributed by atoms with van der Waals surface area (Å²) in [5.41, 5.74) is 0.955. The molecular weight excluding hydrogens is 294 g/mol. The van der Waals surface area contributed by atoms with Crippen LogP contribution in [0.1, 0.15) is 26.5 Å². The van der Waals surface area contributed by atoms with Gasteiger partial charge in [-0.1, -0.05) is 13.8 Å². The molecule has 1 rings (SSSR count). The third kappa shape index (κ3) is 5.12. The molecule has 0 aromatic carbocycles. The summed E-state index contributed by atoms with van der Waals surface area (Å²) in [4.78, 5) is 0.327. The van der Waals surface area contributed by atoms with Crippen molar-refractivity contribution >= 4 is 21.8 Å². The number of thioether (sulfide) groups is 1. The fourth-order valence-electron chi connectivity index (χ4n) is 1.83. The summed E-state index contributed by atoms with van der Waals surface area (Å²) in [7, 11) is -1.57. The van der Waals surface area contributed by atoms with Crippen molar-refractivity contribution in [3.63, 3.8) is 0 Å². The smallest absolute Gasteiger partial charge is 0.242 e. The van der Waals surface area contributed by atoms with Gasteiger partial charge < -0.3 is 9.88 Å². The summed E-state index contributed by atoms with van der Waals surface area (Å²) in [6, 6.07) is 2.01. The van der Waals surface area contributed by atoms with E-state index in [1.54, 1.807) is 24.0 Å². The van der Waals surface area contributed by atoms with Crippen LogP contribution in [0, 0.1) is 0 Å². The Hall–Kier alpha value is -0.500. The average molecular weight is 319 g/mol. The van der Waals surface area contributed by atoms with Gasteiger partial charge in [-0.05, 0) is 19.2 Å². The van der Waals surface area contributed by atoms with Crippen LogP contribution in [0.3, 0.4) is 0 Å². The molecule has 20 heavy (non-hydrogen) atoms. The van der Waals surface area contributed by atoms with Crippen molar-refractivity contribution in [1.29, 1.82) is 0 Å². The Balaban J connectivity index is 2.83. The Labute approximate surface area is 126 Å². The molecule has 5 nitrogen and oxygen atoms in total. The minimum Gasteiger partial charge on any atom is -0.352 e. The molecule has 0 bridgehead atoms. The first kappa shape index (κ1) is 17.6. The van der Waals surface area contributed by atoms with E-state index in [0.29, 0.717) is 17.5 Å². The standard InChI is InChI=1S/C13H25N3O2S2/c1-10(2)14-7-12-6-13(8-16(12)4)20(17,18)15-11(3)9-19-5/h6,8,10-11,14-15H,7,9H2,1-5H3. The molecule has 0 amide bonds. The van der Waals surface area contributed by atoms with Crippen molar-refractivity contribution in [3.8, 4) is 0 Å². The van der Waals surface area contributed by atoms with E-state index in [1.165, 1.54) is 0 Å². The molecule has 0 spiro atoms. The van der Waals surface area contributed by atoms with Gasteiger partial charge in [-0.15, -0.1) is 0 Å². The van der Waals surface area contributed by atoms with Crippen LogP contribution in [-0.2, 0) is 23.6 Å². The number of nitrogens with zero attached hydrogens (tertiary/aromatic N) is 1. The van der Waals surface area contributed by atoms with Crippen LogP contribution in [0.4, 0.5) is 0 Å². The van der Waals surface area contributed by atoms with E-state index < -0.39 is 10.0 Å². The second-order valence-corrected chi connectivity index (χ2v) is 7.92. The van der Waals surface area contributed by atoms with Gasteiger partial charge in [0.15, 0.2) is 0 Å². The maximum atomic E-state index is 12.3. The SMILES string of the molecule is CSCC(C)NS(=O)(=O)c1cc(CNC(C)C)n(C)c1. The highest BCUT2D eigenvalue weighted by Gasteiger charge is 2.19. The molecule has 7 heteroatoms. The lowest BCUT2D eigenvalue weighted by Gasteiger charge is -2.11. The van der Waals surface area contributed by atoms with E-state index in [0.717, 1.165) is 11.4 Å². The molecule has 116 valence electrons. The van der Waals surface area contributed by atoms with Crippen molar-refractivity contribution in [1.82, 2.24) is 14.6 Å². The molecule has 0 radical (unpaired) electrons. The van der Waals surface area contributed by atoms with E-state index in [2.05, 4.69) is 23.9 Å². The Morgan fingerprint density at radius 3 is 2.55 bits per heavy atom. The Morgan fingerprint density at radius 2 is 2.00 bits per heavy atom. The van der Waals surface area contributed by atoms with Crippen LogP contribution >= 0.6 is 11.8 Å². The molecule has 1 aromatic heterocycles. The topological polar surface area (TPSA) is 63.1 Å². The van der Waals surface area contributed by atoms with Gasteiger partial charge in [-0.2, -0.15) is 11.8 Å². The second-order valence-electron chi connectivity index (χ2n) is 5.29. The summed E-state index contributed by atoms with van der Waals surface area (Å²) in [6.45, 7) is 6.65. The minimum atomic E-state index is -3.43. The van der Waals surface area contributed by atoms with Crippen molar-refractivity contribution in [2.45, 2.75) is 44.3 Å². The Kier molecular flexibility index (Phi) is 6.57. The number of rotatable bonds is 8. The van der Waals surface area contributed by atoms with Crippen LogP contribution in [0.25, 0.3) is 0 Å². The summed E-state index contributed by atoms with van der Waals surface area (Å²) >= 11 is 1.62. The van der Waals surface area contributed by atoms with E-state index in [4.69, 9.17) is 0 Å². The quantitative estimate of drug-likeness (QED) is 0.763. The maximum Gasteiger partial charge on any atom is 0.242 e. The summed E-state index contributed by atoms with van der Waals surface area (Å²) in [6.07, 6.45) is 3.62. The molecule has 2 N–H and O–H groups in total. The van der Waals surface area contributed by atoms with Gasteiger partial charge in [0.05, 0.1) is 4.90 Å². The number of hydrogen-bond acceptors (Lipinski definition) is 4. The molecule has 1 aromatic rings. The predicted molar refractivity (Wildman–Crippen MR) is 85.6 cm³/mol. The molecule has 0 aliphatic rings. The van der Waals surface area contributed by atoms with Gasteiger partial charge in [0, 0.05) is 43.3 Å². The zero-order valence-electron chi connectivity index (χ0n) is 12.8. The molecule has 0 aliphatic carbocycles. The van der Waals surface area contributed by atoms with Gasteiger partial charge in [-0.25, -0.2) is 13.1 Å². The molecule has 0 saturated heterocycles. The highest BCUT2D eigenvalue weighted by molar-refractivity contribution is 7.98. The molecule has 1 unspecified atom stereocenters. The molecule has 0 saturated carbocycles. The number of aromatic nitrogens is 1. The fourth-order valence-corrected chi connectivity index (χ4v) is 3.85. The van der Waals surface area contributed by atoms with E-state index in [1.807, 2.05) is 24.8 Å². The minimum absolute atomic E-state index is 0.0764. The lowest BCUT2D eigenvalue weighted by atomic mass is 10.3. The lowest BCUT2D eigenvalue weighted by molar-refractivity contribution is 0.570. The van der Waals surface area contributed by atoms with Crippen molar-refractivity contribution in [2.75, 3.05) is 12.0 Å². The highest BCUT2D eigenvalue weighted by Crippen LogP contribution is 2.14. The van der Waals surface area contributed by atoms with E-state index >= 15 is 0 Å². The van der Waals surface area contributed by atoms with Crippen molar-refractivity contribution in [2.24, 2.45) is 7.05 Å². The number of hydrogen-bond donors (Lipinski definition) is 2. The third-order valence-corrected chi connectivity index (χ3v) is 5.25. The van der Waals surface area contributed by atoms with Crippen LogP contribution in [0.15, 0.2) is 17.2 Å². The zero-order valence-corrected chi connectivity index (χ0v) is 14.4. The molecule has 0 fully saturated rings. The monoisotopic (exact) mass is 319 g/mol. The average Bonchev–Trinajstić information content (AvgIpc) is 2.68. The fraction of sp³-hybridized carbons (Fsp3) is 0.692. The first-order valence-corrected chi connectivity index (χ1v) is 9.54. The lowest BCUT2D eigenvalue weighted by Crippen LogP contribution is -2.34. The Bertz CT molecular complexity index is 524. The number of sulfonamides is 1. The first-order chi connectivity index (χ1) is 9.26. The molecular formula is C13H25N3O2S2. The van der Waals surface area contributed by atoms with Crippen LogP contribution in [-0.4, -0.2) is 37.1 Å².